The van der Waals surface area contributed by atoms with E-state index in [0.29, 0.717) is 6.42 Å². The zero-order valence-electron chi connectivity index (χ0n) is 10.9. The zero-order chi connectivity index (χ0) is 14.7. The predicted octanol–water partition coefficient (Wildman–Crippen LogP) is 3.84. The number of hydrogen-bond acceptors (Lipinski definition) is 2. The molecule has 2 aromatic rings. The topological polar surface area (TPSA) is 54.4 Å². The van der Waals surface area contributed by atoms with Gasteiger partial charge in [-0.1, -0.05) is 54.9 Å². The van der Waals surface area contributed by atoms with Gasteiger partial charge in [0.1, 0.15) is 0 Å². The van der Waals surface area contributed by atoms with Crippen LogP contribution in [-0.4, -0.2) is 16.9 Å². The number of carbonyl (C=O) groups excluding carboxylic acids is 1. The molecule has 3 nitrogen and oxygen atoms in total. The molecule has 0 bridgehead atoms. The summed E-state index contributed by atoms with van der Waals surface area (Å²) < 4.78 is 0. The van der Waals surface area contributed by atoms with E-state index in [4.69, 9.17) is 16.7 Å². The van der Waals surface area contributed by atoms with E-state index in [1.165, 1.54) is 6.07 Å². The van der Waals surface area contributed by atoms with Crippen molar-refractivity contribution in [3.05, 3.63) is 58.6 Å². The Hall–Kier alpha value is -2.13. The monoisotopic (exact) mass is 288 g/mol. The van der Waals surface area contributed by atoms with Gasteiger partial charge in [0, 0.05) is 5.56 Å². The molecule has 0 aliphatic heterocycles. The molecule has 2 rings (SSSR count). The third-order valence-electron chi connectivity index (χ3n) is 3.12. The molecule has 0 saturated heterocycles. The van der Waals surface area contributed by atoms with Crippen molar-refractivity contribution in [1.82, 2.24) is 0 Å². The van der Waals surface area contributed by atoms with Gasteiger partial charge in [-0.15, -0.1) is 0 Å². The lowest BCUT2D eigenvalue weighted by Crippen LogP contribution is -2.14. The molecule has 102 valence electrons. The van der Waals surface area contributed by atoms with Crippen molar-refractivity contribution in [1.29, 1.82) is 0 Å². The lowest BCUT2D eigenvalue weighted by molar-refractivity contribution is -0.131. The quantitative estimate of drug-likeness (QED) is 0.687. The summed E-state index contributed by atoms with van der Waals surface area (Å²) in [4.78, 5) is 22.4. The van der Waals surface area contributed by atoms with Gasteiger partial charge in [0.05, 0.1) is 5.02 Å². The highest BCUT2D eigenvalue weighted by Crippen LogP contribution is 2.32. The summed E-state index contributed by atoms with van der Waals surface area (Å²) in [5, 5.41) is 9.03. The first-order valence-electron chi connectivity index (χ1n) is 6.20. The molecular weight excluding hydrogens is 276 g/mol. The third-order valence-corrected chi connectivity index (χ3v) is 3.55. The van der Waals surface area contributed by atoms with Crippen LogP contribution in [0.1, 0.15) is 22.8 Å². The van der Waals surface area contributed by atoms with Crippen LogP contribution < -0.4 is 0 Å². The van der Waals surface area contributed by atoms with Crippen LogP contribution in [0.4, 0.5) is 0 Å². The highest BCUT2D eigenvalue weighted by molar-refractivity contribution is 6.45. The molecule has 1 N–H and O–H groups in total. The average molecular weight is 289 g/mol. The van der Waals surface area contributed by atoms with Crippen LogP contribution in [-0.2, 0) is 11.2 Å². The lowest BCUT2D eigenvalue weighted by atomic mass is 9.94. The van der Waals surface area contributed by atoms with Crippen molar-refractivity contribution in [2.24, 2.45) is 0 Å². The minimum atomic E-state index is -1.50. The average Bonchev–Trinajstić information content (AvgIpc) is 2.47. The number of carbonyl (C=O) groups is 2. The summed E-state index contributed by atoms with van der Waals surface area (Å²) in [7, 11) is 0. The zero-order valence-corrected chi connectivity index (χ0v) is 11.6. The Bertz CT molecular complexity index is 663. The molecule has 0 heterocycles. The van der Waals surface area contributed by atoms with Crippen LogP contribution in [0.3, 0.4) is 0 Å². The summed E-state index contributed by atoms with van der Waals surface area (Å²) >= 11 is 6.22. The molecule has 0 aromatic heterocycles. The van der Waals surface area contributed by atoms with Crippen LogP contribution in [0.15, 0.2) is 42.5 Å². The molecule has 0 radical (unpaired) electrons. The van der Waals surface area contributed by atoms with Crippen LogP contribution in [0.5, 0.6) is 0 Å². The number of ketones is 1. The summed E-state index contributed by atoms with van der Waals surface area (Å²) in [6, 6.07) is 12.9. The fourth-order valence-electron chi connectivity index (χ4n) is 2.15. The number of carboxylic acid groups (broad SMARTS) is 1. The van der Waals surface area contributed by atoms with E-state index < -0.39 is 11.8 Å². The number of aliphatic carboxylic acids is 1. The molecule has 0 amide bonds. The fourth-order valence-corrected chi connectivity index (χ4v) is 2.53. The maximum atomic E-state index is 11.6. The SMILES string of the molecule is CCc1c(-c2ccccc2)ccc(C(=O)C(=O)O)c1Cl. The van der Waals surface area contributed by atoms with Gasteiger partial charge in [-0.05, 0) is 29.2 Å². The highest BCUT2D eigenvalue weighted by atomic mass is 35.5. The molecule has 0 unspecified atom stereocenters. The number of carboxylic acids is 1. The van der Waals surface area contributed by atoms with Gasteiger partial charge < -0.3 is 5.11 Å². The largest absolute Gasteiger partial charge is 0.475 e. The van der Waals surface area contributed by atoms with E-state index >= 15 is 0 Å². The first-order chi connectivity index (χ1) is 9.56. The highest BCUT2D eigenvalue weighted by Gasteiger charge is 2.21. The van der Waals surface area contributed by atoms with Crippen molar-refractivity contribution in [3.63, 3.8) is 0 Å². The van der Waals surface area contributed by atoms with E-state index in [9.17, 15) is 9.59 Å². The summed E-state index contributed by atoms with van der Waals surface area (Å²) in [5.41, 5.74) is 2.72. The number of benzene rings is 2. The Morgan fingerprint density at radius 1 is 1.10 bits per heavy atom. The molecule has 2 aromatic carbocycles. The van der Waals surface area contributed by atoms with Crippen molar-refractivity contribution >= 4 is 23.4 Å². The molecule has 0 atom stereocenters. The van der Waals surface area contributed by atoms with Gasteiger partial charge in [-0.25, -0.2) is 4.79 Å². The Morgan fingerprint density at radius 3 is 2.30 bits per heavy atom. The second-order valence-corrected chi connectivity index (χ2v) is 4.69. The van der Waals surface area contributed by atoms with Crippen LogP contribution in [0.2, 0.25) is 5.02 Å². The van der Waals surface area contributed by atoms with Gasteiger partial charge in [0.15, 0.2) is 0 Å². The minimum Gasteiger partial charge on any atom is -0.475 e. The van der Waals surface area contributed by atoms with E-state index in [0.717, 1.165) is 16.7 Å². The standard InChI is InChI=1S/C16H13ClO3/c1-2-11-12(10-6-4-3-5-7-10)8-9-13(14(11)17)15(18)16(19)20/h3-9H,2H2,1H3,(H,19,20). The maximum absolute atomic E-state index is 11.6. The number of Topliss-reactive ketones (excluding diaryl/α,β-unsaturated/α-hetero) is 1. The van der Waals surface area contributed by atoms with Crippen LogP contribution >= 0.6 is 11.6 Å². The Morgan fingerprint density at radius 2 is 1.75 bits per heavy atom. The van der Waals surface area contributed by atoms with E-state index in [1.54, 1.807) is 6.07 Å². The first-order valence-corrected chi connectivity index (χ1v) is 6.58. The predicted molar refractivity (Wildman–Crippen MR) is 78.2 cm³/mol. The minimum absolute atomic E-state index is 0.0377. The molecule has 20 heavy (non-hydrogen) atoms. The first kappa shape index (κ1) is 14.3. The van der Waals surface area contributed by atoms with Crippen molar-refractivity contribution < 1.29 is 14.7 Å². The van der Waals surface area contributed by atoms with Crippen molar-refractivity contribution in [2.45, 2.75) is 13.3 Å². The van der Waals surface area contributed by atoms with Crippen molar-refractivity contribution in [3.8, 4) is 11.1 Å². The molecule has 4 heteroatoms. The van der Waals surface area contributed by atoms with Gasteiger partial charge in [0.2, 0.25) is 0 Å². The Labute approximate surface area is 121 Å². The van der Waals surface area contributed by atoms with Gasteiger partial charge in [-0.3, -0.25) is 4.79 Å². The van der Waals surface area contributed by atoms with E-state index in [2.05, 4.69) is 0 Å². The smallest absolute Gasteiger partial charge is 0.377 e. The second kappa shape index (κ2) is 5.88. The van der Waals surface area contributed by atoms with E-state index in [-0.39, 0.29) is 10.6 Å². The Balaban J connectivity index is 2.61. The van der Waals surface area contributed by atoms with Gasteiger partial charge in [-0.2, -0.15) is 0 Å². The van der Waals surface area contributed by atoms with E-state index in [1.807, 2.05) is 37.3 Å². The molecule has 0 fully saturated rings. The van der Waals surface area contributed by atoms with Gasteiger partial charge >= 0.3 is 5.97 Å². The molecule has 0 aliphatic carbocycles. The summed E-state index contributed by atoms with van der Waals surface area (Å²) in [6.45, 7) is 1.92. The second-order valence-electron chi connectivity index (χ2n) is 4.31. The molecule has 0 aliphatic rings. The molecular formula is C16H13ClO3. The normalized spacial score (nSPS) is 10.3. The number of hydrogen-bond donors (Lipinski definition) is 1. The number of rotatable bonds is 4. The lowest BCUT2D eigenvalue weighted by Gasteiger charge is -2.12. The van der Waals surface area contributed by atoms with Crippen molar-refractivity contribution in [2.75, 3.05) is 0 Å². The van der Waals surface area contributed by atoms with Crippen LogP contribution in [0, 0.1) is 0 Å². The molecule has 0 saturated carbocycles. The summed E-state index contributed by atoms with van der Waals surface area (Å²) in [5.74, 6) is -2.48. The maximum Gasteiger partial charge on any atom is 0.377 e. The number of halogens is 1. The van der Waals surface area contributed by atoms with Crippen LogP contribution in [0.25, 0.3) is 11.1 Å². The Kier molecular flexibility index (Phi) is 4.20. The molecule has 0 spiro atoms. The summed E-state index contributed by atoms with van der Waals surface area (Å²) in [6.07, 6.45) is 0.615. The van der Waals surface area contributed by atoms with Gasteiger partial charge in [0.25, 0.3) is 5.78 Å². The fraction of sp³-hybridized carbons (Fsp3) is 0.125. The third kappa shape index (κ3) is 2.58.